The lowest BCUT2D eigenvalue weighted by Crippen LogP contribution is -2.06. The lowest BCUT2D eigenvalue weighted by Gasteiger charge is -2.05. The first-order valence-corrected chi connectivity index (χ1v) is 6.62. The molecule has 0 aliphatic rings. The van der Waals surface area contributed by atoms with E-state index in [-0.39, 0.29) is 12.3 Å². The molecular weight excluding hydrogens is 284 g/mol. The molecule has 0 spiro atoms. The number of carbonyl (C=O) groups is 1. The molecule has 0 saturated carbocycles. The molecule has 0 amide bonds. The third-order valence-electron chi connectivity index (χ3n) is 3.36. The molecule has 3 aromatic rings. The molecule has 0 aliphatic carbocycles. The Labute approximate surface area is 125 Å². The minimum atomic E-state index is -0.518. The van der Waals surface area contributed by atoms with Gasteiger partial charge in [0.1, 0.15) is 6.61 Å². The van der Waals surface area contributed by atoms with E-state index >= 15 is 0 Å². The number of aromatic amines is 1. The molecule has 22 heavy (non-hydrogen) atoms. The summed E-state index contributed by atoms with van der Waals surface area (Å²) in [6.45, 7) is -0.143. The number of ether oxygens (including phenoxy) is 1. The fourth-order valence-corrected chi connectivity index (χ4v) is 2.27. The number of carbonyl (C=O) groups excluding carboxylic acids is 1. The van der Waals surface area contributed by atoms with Crippen molar-refractivity contribution in [1.82, 2.24) is 4.98 Å². The number of nitrogens with one attached hydrogen (secondary N) is 1. The van der Waals surface area contributed by atoms with Gasteiger partial charge in [-0.3, -0.25) is 10.1 Å². The van der Waals surface area contributed by atoms with Crippen molar-refractivity contribution in [3.63, 3.8) is 0 Å². The van der Waals surface area contributed by atoms with Crippen molar-refractivity contribution in [2.45, 2.75) is 6.61 Å². The number of nitrogens with zero attached hydrogens (tertiary/aromatic N) is 1. The summed E-state index contributed by atoms with van der Waals surface area (Å²) in [4.78, 5) is 25.6. The molecule has 6 nitrogen and oxygen atoms in total. The lowest BCUT2D eigenvalue weighted by molar-refractivity contribution is -0.385. The normalized spacial score (nSPS) is 10.5. The molecule has 0 bridgehead atoms. The molecule has 1 aromatic heterocycles. The van der Waals surface area contributed by atoms with Gasteiger partial charge in [0, 0.05) is 23.2 Å². The predicted molar refractivity (Wildman–Crippen MR) is 80.5 cm³/mol. The second-order valence-electron chi connectivity index (χ2n) is 4.71. The molecule has 0 aliphatic heterocycles. The second kappa shape index (κ2) is 5.69. The van der Waals surface area contributed by atoms with Crippen molar-refractivity contribution in [1.29, 1.82) is 0 Å². The number of nitro groups is 1. The molecule has 110 valence electrons. The van der Waals surface area contributed by atoms with Crippen LogP contribution in [-0.4, -0.2) is 15.9 Å². The van der Waals surface area contributed by atoms with Gasteiger partial charge in [0.25, 0.3) is 5.69 Å². The van der Waals surface area contributed by atoms with Gasteiger partial charge in [-0.2, -0.15) is 0 Å². The summed E-state index contributed by atoms with van der Waals surface area (Å²) >= 11 is 0. The number of esters is 1. The maximum Gasteiger partial charge on any atom is 0.340 e. The van der Waals surface area contributed by atoms with Crippen molar-refractivity contribution in [2.24, 2.45) is 0 Å². The van der Waals surface area contributed by atoms with Gasteiger partial charge in [-0.1, -0.05) is 30.3 Å². The maximum atomic E-state index is 12.2. The molecule has 1 N–H and O–H groups in total. The van der Waals surface area contributed by atoms with Gasteiger partial charge < -0.3 is 9.72 Å². The smallest absolute Gasteiger partial charge is 0.340 e. The Morgan fingerprint density at radius 2 is 1.86 bits per heavy atom. The van der Waals surface area contributed by atoms with Gasteiger partial charge in [0.15, 0.2) is 0 Å². The average molecular weight is 296 g/mol. The van der Waals surface area contributed by atoms with Crippen LogP contribution in [0.3, 0.4) is 0 Å². The zero-order chi connectivity index (χ0) is 15.5. The Morgan fingerprint density at radius 3 is 2.68 bits per heavy atom. The molecule has 3 rings (SSSR count). The third kappa shape index (κ3) is 2.54. The molecule has 1 heterocycles. The molecule has 0 radical (unpaired) electrons. The van der Waals surface area contributed by atoms with Crippen LogP contribution >= 0.6 is 0 Å². The van der Waals surface area contributed by atoms with Crippen molar-refractivity contribution in [3.8, 4) is 0 Å². The SMILES string of the molecule is O=C(OCc1ccccc1[N+](=O)[O-])c1c[nH]c2ccccc12. The fraction of sp³-hybridized carbons (Fsp3) is 0.0625. The Bertz CT molecular complexity index is 854. The minimum Gasteiger partial charge on any atom is -0.457 e. The summed E-state index contributed by atoms with van der Waals surface area (Å²) < 4.78 is 5.21. The largest absolute Gasteiger partial charge is 0.457 e. The highest BCUT2D eigenvalue weighted by atomic mass is 16.6. The fourth-order valence-electron chi connectivity index (χ4n) is 2.27. The van der Waals surface area contributed by atoms with E-state index in [2.05, 4.69) is 4.98 Å². The van der Waals surface area contributed by atoms with Crippen LogP contribution in [0, 0.1) is 10.1 Å². The van der Waals surface area contributed by atoms with Gasteiger partial charge in [-0.15, -0.1) is 0 Å². The van der Waals surface area contributed by atoms with Gasteiger partial charge in [-0.25, -0.2) is 4.79 Å². The van der Waals surface area contributed by atoms with Gasteiger partial charge >= 0.3 is 5.97 Å². The van der Waals surface area contributed by atoms with Crippen LogP contribution in [0.1, 0.15) is 15.9 Å². The molecule has 6 heteroatoms. The number of hydrogen-bond donors (Lipinski definition) is 1. The van der Waals surface area contributed by atoms with Crippen LogP contribution in [0.15, 0.2) is 54.7 Å². The number of benzene rings is 2. The van der Waals surface area contributed by atoms with Crippen LogP contribution < -0.4 is 0 Å². The van der Waals surface area contributed by atoms with Crippen molar-refractivity contribution in [3.05, 3.63) is 76.0 Å². The predicted octanol–water partition coefficient (Wildman–Crippen LogP) is 3.43. The zero-order valence-electron chi connectivity index (χ0n) is 11.5. The van der Waals surface area contributed by atoms with E-state index in [1.54, 1.807) is 24.4 Å². The minimum absolute atomic E-state index is 0.0609. The van der Waals surface area contributed by atoms with Crippen LogP contribution in [0.25, 0.3) is 10.9 Å². The summed E-state index contributed by atoms with van der Waals surface area (Å²) in [6.07, 6.45) is 1.58. The topological polar surface area (TPSA) is 85.2 Å². The molecule has 2 aromatic carbocycles. The van der Waals surface area contributed by atoms with E-state index in [1.807, 2.05) is 24.3 Å². The van der Waals surface area contributed by atoms with Gasteiger partial charge in [0.05, 0.1) is 16.1 Å². The Kier molecular flexibility index (Phi) is 3.57. The number of aromatic nitrogens is 1. The molecule has 0 saturated heterocycles. The number of para-hydroxylation sites is 2. The highest BCUT2D eigenvalue weighted by molar-refractivity contribution is 6.03. The number of fused-ring (bicyclic) bond motifs is 1. The summed E-state index contributed by atoms with van der Waals surface area (Å²) in [7, 11) is 0. The van der Waals surface area contributed by atoms with Gasteiger partial charge in [0.2, 0.25) is 0 Å². The highest BCUT2D eigenvalue weighted by Gasteiger charge is 2.17. The first-order valence-electron chi connectivity index (χ1n) is 6.62. The number of rotatable bonds is 4. The van der Waals surface area contributed by atoms with Crippen LogP contribution in [0.4, 0.5) is 5.69 Å². The summed E-state index contributed by atoms with van der Waals surface area (Å²) in [6, 6.07) is 13.6. The van der Waals surface area contributed by atoms with E-state index in [9.17, 15) is 14.9 Å². The highest BCUT2D eigenvalue weighted by Crippen LogP contribution is 2.21. The van der Waals surface area contributed by atoms with Crippen molar-refractivity contribution >= 4 is 22.6 Å². The van der Waals surface area contributed by atoms with Crippen molar-refractivity contribution < 1.29 is 14.5 Å². The van der Waals surface area contributed by atoms with Crippen LogP contribution in [0.2, 0.25) is 0 Å². The monoisotopic (exact) mass is 296 g/mol. The summed E-state index contributed by atoms with van der Waals surface area (Å²) in [5, 5.41) is 11.7. The molecular formula is C16H12N2O4. The lowest BCUT2D eigenvalue weighted by atomic mass is 10.2. The number of nitro benzene ring substituents is 1. The van der Waals surface area contributed by atoms with E-state index in [1.165, 1.54) is 6.07 Å². The van der Waals surface area contributed by atoms with E-state index in [4.69, 9.17) is 4.74 Å². The first-order chi connectivity index (χ1) is 10.7. The van der Waals surface area contributed by atoms with E-state index < -0.39 is 10.9 Å². The Hall–Kier alpha value is -3.15. The summed E-state index contributed by atoms with van der Waals surface area (Å²) in [5.41, 5.74) is 1.55. The number of hydrogen-bond acceptors (Lipinski definition) is 4. The van der Waals surface area contributed by atoms with Gasteiger partial charge in [-0.05, 0) is 12.1 Å². The Morgan fingerprint density at radius 1 is 1.14 bits per heavy atom. The number of H-pyrrole nitrogens is 1. The quantitative estimate of drug-likeness (QED) is 0.454. The van der Waals surface area contributed by atoms with Crippen molar-refractivity contribution in [2.75, 3.05) is 0 Å². The first kappa shape index (κ1) is 13.8. The average Bonchev–Trinajstić information content (AvgIpc) is 2.97. The molecule has 0 fully saturated rings. The summed E-state index contributed by atoms with van der Waals surface area (Å²) in [5.74, 6) is -0.518. The van der Waals surface area contributed by atoms with Crippen LogP contribution in [0.5, 0.6) is 0 Å². The zero-order valence-corrected chi connectivity index (χ0v) is 11.5. The van der Waals surface area contributed by atoms with Crippen LogP contribution in [-0.2, 0) is 11.3 Å². The second-order valence-corrected chi connectivity index (χ2v) is 4.71. The molecule has 0 atom stereocenters. The third-order valence-corrected chi connectivity index (χ3v) is 3.36. The maximum absolute atomic E-state index is 12.2. The molecule has 0 unspecified atom stereocenters. The van der Waals surface area contributed by atoms with E-state index in [0.717, 1.165) is 10.9 Å². The standard InChI is InChI=1S/C16H12N2O4/c19-16(13-9-17-14-7-3-2-6-12(13)14)22-10-11-5-1-4-8-15(11)18(20)21/h1-9,17H,10H2. The Balaban J connectivity index is 1.80. The van der Waals surface area contributed by atoms with E-state index in [0.29, 0.717) is 11.1 Å².